The molecule has 94 valence electrons. The zero-order valence-corrected chi connectivity index (χ0v) is 10.6. The maximum absolute atomic E-state index is 12.2. The zero-order chi connectivity index (χ0) is 13.5. The lowest BCUT2D eigenvalue weighted by molar-refractivity contribution is 0.0772. The van der Waals surface area contributed by atoms with Crippen molar-refractivity contribution in [3.63, 3.8) is 0 Å². The summed E-state index contributed by atoms with van der Waals surface area (Å²) in [6.45, 7) is 5.50. The predicted octanol–water partition coefficient (Wildman–Crippen LogP) is 2.85. The number of hydrogen-bond donors (Lipinski definition) is 1. The first-order valence-corrected chi connectivity index (χ1v) is 5.68. The van der Waals surface area contributed by atoms with Crippen molar-refractivity contribution in [1.82, 2.24) is 4.57 Å². The first kappa shape index (κ1) is 12.4. The Morgan fingerprint density at radius 2 is 2.00 bits per heavy atom. The molecule has 0 spiro atoms. The topological polar surface area (TPSA) is 59.3 Å². The van der Waals surface area contributed by atoms with Gasteiger partial charge in [-0.3, -0.25) is 14.2 Å². The average molecular weight is 245 g/mol. The number of nitrogens with zero attached hydrogens (tertiary/aromatic N) is 1. The Balaban J connectivity index is 2.65. The Hall–Kier alpha value is -2.10. The van der Waals surface area contributed by atoms with Gasteiger partial charge in [-0.05, 0) is 12.1 Å². The summed E-state index contributed by atoms with van der Waals surface area (Å²) in [4.78, 5) is 23.0. The standard InChI is InChI=1S/C14H15NO3/c1-14(2,3)13(18)15-5-4-9-6-10(8-16)12(17)7-11(9)15/h4-8,17H,1-3H3. The molecule has 0 aliphatic rings. The highest BCUT2D eigenvalue weighted by Crippen LogP contribution is 2.27. The van der Waals surface area contributed by atoms with Gasteiger partial charge in [-0.1, -0.05) is 20.8 Å². The quantitative estimate of drug-likeness (QED) is 0.786. The van der Waals surface area contributed by atoms with Crippen LogP contribution in [-0.4, -0.2) is 21.9 Å². The molecule has 2 rings (SSSR count). The van der Waals surface area contributed by atoms with Crippen molar-refractivity contribution in [1.29, 1.82) is 0 Å². The number of benzene rings is 1. The van der Waals surface area contributed by atoms with Crippen LogP contribution in [0, 0.1) is 5.41 Å². The van der Waals surface area contributed by atoms with Gasteiger partial charge in [-0.2, -0.15) is 0 Å². The average Bonchev–Trinajstić information content (AvgIpc) is 2.68. The predicted molar refractivity (Wildman–Crippen MR) is 69.1 cm³/mol. The van der Waals surface area contributed by atoms with E-state index in [4.69, 9.17) is 0 Å². The Morgan fingerprint density at radius 1 is 1.33 bits per heavy atom. The van der Waals surface area contributed by atoms with E-state index < -0.39 is 5.41 Å². The van der Waals surface area contributed by atoms with Crippen molar-refractivity contribution in [3.8, 4) is 5.75 Å². The molecule has 0 atom stereocenters. The van der Waals surface area contributed by atoms with E-state index in [0.717, 1.165) is 5.39 Å². The van der Waals surface area contributed by atoms with Crippen LogP contribution in [0.5, 0.6) is 5.75 Å². The first-order valence-electron chi connectivity index (χ1n) is 5.68. The second-order valence-corrected chi connectivity index (χ2v) is 5.33. The van der Waals surface area contributed by atoms with Crippen LogP contribution in [0.15, 0.2) is 24.4 Å². The summed E-state index contributed by atoms with van der Waals surface area (Å²) in [6.07, 6.45) is 2.25. The molecule has 0 radical (unpaired) electrons. The van der Waals surface area contributed by atoms with Crippen molar-refractivity contribution < 1.29 is 14.7 Å². The maximum Gasteiger partial charge on any atom is 0.236 e. The number of aldehydes is 1. The molecule has 0 bridgehead atoms. The fourth-order valence-electron chi connectivity index (χ4n) is 1.82. The Labute approximate surface area is 105 Å². The van der Waals surface area contributed by atoms with Gasteiger partial charge >= 0.3 is 0 Å². The Kier molecular flexibility index (Phi) is 2.73. The monoisotopic (exact) mass is 245 g/mol. The van der Waals surface area contributed by atoms with Gasteiger partial charge in [0, 0.05) is 23.1 Å². The van der Waals surface area contributed by atoms with E-state index in [1.165, 1.54) is 10.6 Å². The molecule has 0 saturated heterocycles. The van der Waals surface area contributed by atoms with Gasteiger partial charge < -0.3 is 5.11 Å². The molecule has 1 heterocycles. The number of hydrogen-bond acceptors (Lipinski definition) is 3. The van der Waals surface area contributed by atoms with Gasteiger partial charge in [0.2, 0.25) is 5.91 Å². The lowest BCUT2D eigenvalue weighted by Gasteiger charge is -2.17. The molecule has 0 amide bonds. The van der Waals surface area contributed by atoms with Crippen LogP contribution in [0.4, 0.5) is 0 Å². The number of rotatable bonds is 1. The Bertz CT molecular complexity index is 632. The van der Waals surface area contributed by atoms with Gasteiger partial charge in [-0.15, -0.1) is 0 Å². The summed E-state index contributed by atoms with van der Waals surface area (Å²) in [7, 11) is 0. The smallest absolute Gasteiger partial charge is 0.236 e. The SMILES string of the molecule is CC(C)(C)C(=O)n1ccc2cc(C=O)c(O)cc21. The highest BCUT2D eigenvalue weighted by Gasteiger charge is 2.24. The van der Waals surface area contributed by atoms with Crippen LogP contribution < -0.4 is 0 Å². The van der Waals surface area contributed by atoms with E-state index in [-0.39, 0.29) is 17.2 Å². The summed E-state index contributed by atoms with van der Waals surface area (Å²) in [6, 6.07) is 4.78. The Morgan fingerprint density at radius 3 is 2.56 bits per heavy atom. The minimum Gasteiger partial charge on any atom is -0.507 e. The van der Waals surface area contributed by atoms with Crippen LogP contribution >= 0.6 is 0 Å². The molecule has 2 aromatic rings. The van der Waals surface area contributed by atoms with E-state index in [9.17, 15) is 14.7 Å². The summed E-state index contributed by atoms with van der Waals surface area (Å²) < 4.78 is 1.50. The summed E-state index contributed by atoms with van der Waals surface area (Å²) in [5, 5.41) is 10.4. The molecule has 1 aromatic carbocycles. The highest BCUT2D eigenvalue weighted by molar-refractivity contribution is 5.98. The van der Waals surface area contributed by atoms with E-state index >= 15 is 0 Å². The maximum atomic E-state index is 12.2. The second-order valence-electron chi connectivity index (χ2n) is 5.33. The number of phenols is 1. The highest BCUT2D eigenvalue weighted by atomic mass is 16.3. The molecular formula is C14H15NO3. The number of aromatic nitrogens is 1. The molecule has 0 unspecified atom stereocenters. The van der Waals surface area contributed by atoms with Gasteiger partial charge in [0.05, 0.1) is 11.1 Å². The van der Waals surface area contributed by atoms with Gasteiger partial charge in [-0.25, -0.2) is 0 Å². The molecule has 1 N–H and O–H groups in total. The summed E-state index contributed by atoms with van der Waals surface area (Å²) in [5.74, 6) is -0.171. The van der Waals surface area contributed by atoms with Crippen molar-refractivity contribution in [2.24, 2.45) is 5.41 Å². The summed E-state index contributed by atoms with van der Waals surface area (Å²) >= 11 is 0. The van der Waals surface area contributed by atoms with E-state index in [1.807, 2.05) is 20.8 Å². The number of phenolic OH excluding ortho intramolecular Hbond substituents is 1. The third-order valence-electron chi connectivity index (χ3n) is 2.83. The van der Waals surface area contributed by atoms with Crippen LogP contribution in [0.25, 0.3) is 10.9 Å². The molecule has 4 nitrogen and oxygen atoms in total. The number of carbonyl (C=O) groups is 2. The van der Waals surface area contributed by atoms with Crippen molar-refractivity contribution in [2.45, 2.75) is 20.8 Å². The van der Waals surface area contributed by atoms with Crippen LogP contribution in [0.2, 0.25) is 0 Å². The second kappa shape index (κ2) is 3.98. The van der Waals surface area contributed by atoms with E-state index in [1.54, 1.807) is 18.3 Å². The molecule has 4 heteroatoms. The van der Waals surface area contributed by atoms with Crippen molar-refractivity contribution in [2.75, 3.05) is 0 Å². The lowest BCUT2D eigenvalue weighted by Crippen LogP contribution is -2.25. The minimum absolute atomic E-state index is 0.0595. The van der Waals surface area contributed by atoms with Crippen molar-refractivity contribution in [3.05, 3.63) is 30.0 Å². The molecule has 1 aromatic heterocycles. The number of carbonyl (C=O) groups excluding carboxylic acids is 2. The fourth-order valence-corrected chi connectivity index (χ4v) is 1.82. The van der Waals surface area contributed by atoms with E-state index in [0.29, 0.717) is 11.8 Å². The third kappa shape index (κ3) is 1.90. The molecular weight excluding hydrogens is 230 g/mol. The molecule has 0 fully saturated rings. The van der Waals surface area contributed by atoms with Crippen LogP contribution in [0.1, 0.15) is 35.9 Å². The number of fused-ring (bicyclic) bond motifs is 1. The van der Waals surface area contributed by atoms with E-state index in [2.05, 4.69) is 0 Å². The van der Waals surface area contributed by atoms with Gasteiger partial charge in [0.25, 0.3) is 0 Å². The normalized spacial score (nSPS) is 11.7. The molecule has 0 saturated carbocycles. The third-order valence-corrected chi connectivity index (χ3v) is 2.83. The fraction of sp³-hybridized carbons (Fsp3) is 0.286. The zero-order valence-electron chi connectivity index (χ0n) is 10.6. The van der Waals surface area contributed by atoms with Crippen LogP contribution in [-0.2, 0) is 0 Å². The largest absolute Gasteiger partial charge is 0.507 e. The minimum atomic E-state index is -0.509. The van der Waals surface area contributed by atoms with Crippen LogP contribution in [0.3, 0.4) is 0 Å². The molecule has 0 aliphatic heterocycles. The lowest BCUT2D eigenvalue weighted by atomic mass is 9.95. The molecule has 18 heavy (non-hydrogen) atoms. The molecule has 0 aliphatic carbocycles. The first-order chi connectivity index (χ1) is 8.34. The van der Waals surface area contributed by atoms with Gasteiger partial charge in [0.15, 0.2) is 6.29 Å². The summed E-state index contributed by atoms with van der Waals surface area (Å²) in [5.41, 5.74) is 0.326. The number of aromatic hydroxyl groups is 1. The van der Waals surface area contributed by atoms with Crippen molar-refractivity contribution >= 4 is 23.1 Å². The van der Waals surface area contributed by atoms with Gasteiger partial charge in [0.1, 0.15) is 5.75 Å².